The quantitative estimate of drug-likeness (QED) is 0.286. The third-order valence-corrected chi connectivity index (χ3v) is 1.61. The van der Waals surface area contributed by atoms with E-state index in [2.05, 4.69) is 10.1 Å². The molecule has 0 aromatic rings. The number of rotatable bonds is 6. The molecule has 7 heteroatoms. The number of ether oxygens (including phenoxy) is 1. The number of carbonyl (C=O) groups excluding carboxylic acids is 2. The van der Waals surface area contributed by atoms with Gasteiger partial charge in [-0.25, -0.2) is 4.79 Å². The Hall–Kier alpha value is -1.18. The van der Waals surface area contributed by atoms with Crippen LogP contribution in [0.15, 0.2) is 0 Å². The van der Waals surface area contributed by atoms with E-state index in [1.807, 2.05) is 0 Å². The number of nitrogens with one attached hydrogen (secondary N) is 1. The predicted octanol–water partition coefficient (Wildman–Crippen LogP) is -2.65. The van der Waals surface area contributed by atoms with Crippen LogP contribution in [0.1, 0.15) is 6.92 Å². The Balaban J connectivity index is 4.14. The van der Waals surface area contributed by atoms with E-state index in [1.165, 1.54) is 0 Å². The van der Waals surface area contributed by atoms with Crippen molar-refractivity contribution in [3.8, 4) is 0 Å². The minimum Gasteiger partial charge on any atom is -0.464 e. The van der Waals surface area contributed by atoms with Gasteiger partial charge in [-0.3, -0.25) is 4.79 Å². The standard InChI is InChI=1S/C8H16N2O5/c1-2-15-8(14)6(9)7(13)10-5(3-11)4-12/h5-6,11-12H,2-4,9H2,1H3,(H,10,13). The number of nitrogens with two attached hydrogens (primary N) is 1. The van der Waals surface area contributed by atoms with Gasteiger partial charge in [0, 0.05) is 0 Å². The summed E-state index contributed by atoms with van der Waals surface area (Å²) in [5.74, 6) is -1.63. The molecule has 0 aromatic carbocycles. The van der Waals surface area contributed by atoms with E-state index in [0.717, 1.165) is 0 Å². The van der Waals surface area contributed by atoms with Gasteiger partial charge in [0.1, 0.15) is 0 Å². The monoisotopic (exact) mass is 220 g/mol. The van der Waals surface area contributed by atoms with Gasteiger partial charge in [-0.2, -0.15) is 0 Å². The Bertz CT molecular complexity index is 217. The average Bonchev–Trinajstić information content (AvgIpc) is 2.24. The number of amides is 1. The van der Waals surface area contributed by atoms with Gasteiger partial charge in [0.05, 0.1) is 25.9 Å². The maximum absolute atomic E-state index is 11.2. The minimum atomic E-state index is -1.44. The van der Waals surface area contributed by atoms with E-state index in [4.69, 9.17) is 15.9 Å². The summed E-state index contributed by atoms with van der Waals surface area (Å²) in [5.41, 5.74) is 5.25. The van der Waals surface area contributed by atoms with Gasteiger partial charge in [-0.1, -0.05) is 0 Å². The summed E-state index contributed by atoms with van der Waals surface area (Å²) in [6.45, 7) is 0.853. The number of aliphatic hydroxyl groups excluding tert-OH is 2. The molecule has 0 aromatic heterocycles. The molecule has 15 heavy (non-hydrogen) atoms. The lowest BCUT2D eigenvalue weighted by Crippen LogP contribution is -2.51. The maximum Gasteiger partial charge on any atom is 0.332 e. The molecule has 0 fully saturated rings. The summed E-state index contributed by atoms with van der Waals surface area (Å²) in [4.78, 5) is 22.2. The fourth-order valence-corrected chi connectivity index (χ4v) is 0.779. The van der Waals surface area contributed by atoms with Gasteiger partial charge in [0.25, 0.3) is 0 Å². The molecular weight excluding hydrogens is 204 g/mol. The molecule has 0 saturated carbocycles. The molecule has 1 amide bonds. The highest BCUT2D eigenvalue weighted by Gasteiger charge is 2.24. The maximum atomic E-state index is 11.2. The third-order valence-electron chi connectivity index (χ3n) is 1.61. The van der Waals surface area contributed by atoms with Crippen LogP contribution in [0.3, 0.4) is 0 Å². The second-order valence-electron chi connectivity index (χ2n) is 2.80. The van der Waals surface area contributed by atoms with Crippen molar-refractivity contribution in [2.24, 2.45) is 5.73 Å². The molecule has 0 heterocycles. The van der Waals surface area contributed by atoms with Crippen molar-refractivity contribution in [3.63, 3.8) is 0 Å². The number of esters is 1. The molecule has 0 aliphatic heterocycles. The molecule has 0 saturated heterocycles. The van der Waals surface area contributed by atoms with Crippen LogP contribution < -0.4 is 11.1 Å². The highest BCUT2D eigenvalue weighted by molar-refractivity contribution is 6.01. The largest absolute Gasteiger partial charge is 0.464 e. The van der Waals surface area contributed by atoms with Gasteiger partial charge >= 0.3 is 5.97 Å². The predicted molar refractivity (Wildman–Crippen MR) is 50.7 cm³/mol. The normalized spacial score (nSPS) is 12.3. The molecule has 1 atom stereocenters. The Morgan fingerprint density at radius 2 is 1.93 bits per heavy atom. The Labute approximate surface area is 87.2 Å². The first-order chi connectivity index (χ1) is 7.06. The zero-order valence-corrected chi connectivity index (χ0v) is 8.47. The first-order valence-corrected chi connectivity index (χ1v) is 4.51. The lowest BCUT2D eigenvalue weighted by molar-refractivity contribution is -0.148. The van der Waals surface area contributed by atoms with Crippen molar-refractivity contribution in [2.75, 3.05) is 19.8 Å². The van der Waals surface area contributed by atoms with Crippen molar-refractivity contribution >= 4 is 11.9 Å². The van der Waals surface area contributed by atoms with Crippen molar-refractivity contribution in [3.05, 3.63) is 0 Å². The van der Waals surface area contributed by atoms with Crippen molar-refractivity contribution < 1.29 is 24.5 Å². The van der Waals surface area contributed by atoms with Crippen LogP contribution in [0, 0.1) is 0 Å². The van der Waals surface area contributed by atoms with Crippen molar-refractivity contribution in [1.82, 2.24) is 5.32 Å². The molecule has 0 aliphatic carbocycles. The SMILES string of the molecule is CCOC(=O)C(N)C(=O)NC(CO)CO. The summed E-state index contributed by atoms with van der Waals surface area (Å²) in [5, 5.41) is 19.5. The van der Waals surface area contributed by atoms with Crippen LogP contribution in [0.2, 0.25) is 0 Å². The van der Waals surface area contributed by atoms with Crippen LogP contribution in [0.25, 0.3) is 0 Å². The van der Waals surface area contributed by atoms with Crippen LogP contribution in [0.5, 0.6) is 0 Å². The Morgan fingerprint density at radius 1 is 1.40 bits per heavy atom. The summed E-state index contributed by atoms with van der Waals surface area (Å²) in [6.07, 6.45) is 0. The molecule has 0 radical (unpaired) electrons. The molecule has 0 aliphatic rings. The number of hydrogen-bond acceptors (Lipinski definition) is 6. The lowest BCUT2D eigenvalue weighted by atomic mass is 10.2. The van der Waals surface area contributed by atoms with E-state index in [0.29, 0.717) is 0 Å². The van der Waals surface area contributed by atoms with Crippen LogP contribution in [-0.2, 0) is 14.3 Å². The lowest BCUT2D eigenvalue weighted by Gasteiger charge is -2.16. The molecule has 7 nitrogen and oxygen atoms in total. The van der Waals surface area contributed by atoms with E-state index in [1.54, 1.807) is 6.92 Å². The highest BCUT2D eigenvalue weighted by Crippen LogP contribution is 1.88. The fraction of sp³-hybridized carbons (Fsp3) is 0.750. The molecule has 88 valence electrons. The minimum absolute atomic E-state index is 0.128. The van der Waals surface area contributed by atoms with Crippen molar-refractivity contribution in [2.45, 2.75) is 19.0 Å². The zero-order chi connectivity index (χ0) is 11.8. The molecule has 1 unspecified atom stereocenters. The smallest absolute Gasteiger partial charge is 0.332 e. The molecular formula is C8H16N2O5. The second-order valence-corrected chi connectivity index (χ2v) is 2.80. The van der Waals surface area contributed by atoms with Gasteiger partial charge in [-0.05, 0) is 6.92 Å². The van der Waals surface area contributed by atoms with Crippen LogP contribution in [0.4, 0.5) is 0 Å². The van der Waals surface area contributed by atoms with Crippen LogP contribution >= 0.6 is 0 Å². The average molecular weight is 220 g/mol. The van der Waals surface area contributed by atoms with Gasteiger partial charge in [0.2, 0.25) is 5.91 Å². The number of carbonyl (C=O) groups is 2. The van der Waals surface area contributed by atoms with Crippen molar-refractivity contribution in [1.29, 1.82) is 0 Å². The molecule has 0 bridgehead atoms. The summed E-state index contributed by atoms with van der Waals surface area (Å²) in [6, 6.07) is -2.26. The van der Waals surface area contributed by atoms with Gasteiger partial charge in [0.15, 0.2) is 6.04 Å². The van der Waals surface area contributed by atoms with E-state index >= 15 is 0 Å². The molecule has 0 spiro atoms. The zero-order valence-electron chi connectivity index (χ0n) is 8.47. The van der Waals surface area contributed by atoms with Gasteiger partial charge in [-0.15, -0.1) is 0 Å². The Kier molecular flexibility index (Phi) is 6.59. The number of aliphatic hydroxyl groups is 2. The molecule has 0 rings (SSSR count). The Morgan fingerprint density at radius 3 is 2.33 bits per heavy atom. The summed E-state index contributed by atoms with van der Waals surface area (Å²) < 4.78 is 4.52. The third kappa shape index (κ3) is 4.73. The summed E-state index contributed by atoms with van der Waals surface area (Å²) in [7, 11) is 0. The fourth-order valence-electron chi connectivity index (χ4n) is 0.779. The first-order valence-electron chi connectivity index (χ1n) is 4.51. The van der Waals surface area contributed by atoms with E-state index in [9.17, 15) is 9.59 Å². The van der Waals surface area contributed by atoms with Crippen LogP contribution in [-0.4, -0.2) is 54.0 Å². The topological polar surface area (TPSA) is 122 Å². The second kappa shape index (κ2) is 7.16. The van der Waals surface area contributed by atoms with E-state index in [-0.39, 0.29) is 6.61 Å². The van der Waals surface area contributed by atoms with E-state index < -0.39 is 37.2 Å². The first kappa shape index (κ1) is 13.8. The van der Waals surface area contributed by atoms with Gasteiger partial charge < -0.3 is 26.0 Å². The summed E-state index contributed by atoms with van der Waals surface area (Å²) >= 11 is 0. The number of hydrogen-bond donors (Lipinski definition) is 4. The highest BCUT2D eigenvalue weighted by atomic mass is 16.5. The molecule has 5 N–H and O–H groups in total.